The zero-order valence-corrected chi connectivity index (χ0v) is 21.8. The average molecular weight is 500 g/mol. The van der Waals surface area contributed by atoms with E-state index in [1.165, 1.54) is 0 Å². The second-order valence-corrected chi connectivity index (χ2v) is 9.02. The molecule has 0 spiro atoms. The van der Waals surface area contributed by atoms with E-state index in [-0.39, 0.29) is 18.4 Å². The van der Waals surface area contributed by atoms with E-state index in [0.717, 1.165) is 11.1 Å². The Hall–Kier alpha value is -3.46. The van der Waals surface area contributed by atoms with Gasteiger partial charge in [0.1, 0.15) is 12.6 Å². The molecule has 36 heavy (non-hydrogen) atoms. The lowest BCUT2D eigenvalue weighted by molar-refractivity contribution is -0.136. The van der Waals surface area contributed by atoms with Crippen molar-refractivity contribution in [2.75, 3.05) is 47.5 Å². The van der Waals surface area contributed by atoms with Crippen molar-refractivity contribution in [3.05, 3.63) is 53.6 Å². The van der Waals surface area contributed by atoms with Gasteiger partial charge in [-0.3, -0.25) is 9.69 Å². The third-order valence-corrected chi connectivity index (χ3v) is 6.28. The van der Waals surface area contributed by atoms with Gasteiger partial charge in [-0.05, 0) is 17.5 Å². The van der Waals surface area contributed by atoms with Crippen LogP contribution >= 0.6 is 0 Å². The van der Waals surface area contributed by atoms with Crippen LogP contribution in [-0.4, -0.2) is 75.4 Å². The number of alkyl carbamates (subject to hydrolysis) is 1. The van der Waals surface area contributed by atoms with Crippen molar-refractivity contribution in [3.63, 3.8) is 0 Å². The van der Waals surface area contributed by atoms with Crippen molar-refractivity contribution in [2.45, 2.75) is 33.0 Å². The first-order valence-electron chi connectivity index (χ1n) is 12.1. The first kappa shape index (κ1) is 27.1. The Morgan fingerprint density at radius 1 is 0.889 bits per heavy atom. The lowest BCUT2D eigenvalue weighted by atomic mass is 10.0. The van der Waals surface area contributed by atoms with E-state index in [0.29, 0.717) is 50.0 Å². The first-order chi connectivity index (χ1) is 17.4. The van der Waals surface area contributed by atoms with Crippen molar-refractivity contribution in [1.29, 1.82) is 0 Å². The smallest absolute Gasteiger partial charge is 0.408 e. The van der Waals surface area contributed by atoms with Crippen LogP contribution in [-0.2, 0) is 22.7 Å². The van der Waals surface area contributed by atoms with Gasteiger partial charge >= 0.3 is 6.09 Å². The van der Waals surface area contributed by atoms with Gasteiger partial charge in [0, 0.05) is 38.3 Å². The molecule has 0 radical (unpaired) electrons. The van der Waals surface area contributed by atoms with E-state index in [1.54, 1.807) is 21.3 Å². The molecule has 9 heteroatoms. The fraction of sp³-hybridized carbons (Fsp3) is 0.481. The van der Waals surface area contributed by atoms with Gasteiger partial charge < -0.3 is 29.2 Å². The molecule has 0 unspecified atom stereocenters. The molecule has 1 fully saturated rings. The van der Waals surface area contributed by atoms with Crippen LogP contribution in [0.25, 0.3) is 0 Å². The lowest BCUT2D eigenvalue weighted by Gasteiger charge is -2.37. The standard InChI is InChI=1S/C27H37N3O6/c1-19(2)23(28-27(32)36-18-20-9-7-6-8-10-20)26(31)30-15-13-29(14-16-30)17-21-11-12-22(33-3)25(35-5)24(21)34-4/h6-12,19,23H,13-18H2,1-5H3,(H,28,32)/t23-/m0/s1. The minimum atomic E-state index is -0.647. The monoisotopic (exact) mass is 499 g/mol. The number of carbonyl (C=O) groups is 2. The topological polar surface area (TPSA) is 89.6 Å². The summed E-state index contributed by atoms with van der Waals surface area (Å²) in [5, 5.41) is 2.77. The van der Waals surface area contributed by atoms with Crippen LogP contribution in [0.5, 0.6) is 17.2 Å². The zero-order chi connectivity index (χ0) is 26.1. The van der Waals surface area contributed by atoms with E-state index in [1.807, 2.05) is 61.2 Å². The Balaban J connectivity index is 1.55. The molecule has 1 atom stereocenters. The molecule has 2 aromatic carbocycles. The predicted octanol–water partition coefficient (Wildman–Crippen LogP) is 3.31. The highest BCUT2D eigenvalue weighted by Gasteiger charge is 2.31. The maximum atomic E-state index is 13.3. The van der Waals surface area contributed by atoms with Crippen molar-refractivity contribution >= 4 is 12.0 Å². The second-order valence-electron chi connectivity index (χ2n) is 9.02. The Morgan fingerprint density at radius 2 is 1.56 bits per heavy atom. The number of ether oxygens (including phenoxy) is 4. The molecule has 9 nitrogen and oxygen atoms in total. The summed E-state index contributed by atoms with van der Waals surface area (Å²) in [4.78, 5) is 29.7. The Labute approximate surface area is 213 Å². The number of piperazine rings is 1. The summed E-state index contributed by atoms with van der Waals surface area (Å²) < 4.78 is 21.8. The summed E-state index contributed by atoms with van der Waals surface area (Å²) in [5.41, 5.74) is 1.88. The molecular formula is C27H37N3O6. The second kappa shape index (κ2) is 13.0. The molecule has 196 valence electrons. The quantitative estimate of drug-likeness (QED) is 0.537. The maximum Gasteiger partial charge on any atom is 0.408 e. The Bertz CT molecular complexity index is 1010. The Morgan fingerprint density at radius 3 is 2.14 bits per heavy atom. The zero-order valence-electron chi connectivity index (χ0n) is 21.8. The van der Waals surface area contributed by atoms with E-state index >= 15 is 0 Å². The molecule has 2 amide bonds. The summed E-state index contributed by atoms with van der Waals surface area (Å²) in [6.07, 6.45) is -0.593. The van der Waals surface area contributed by atoms with Crippen LogP contribution in [0, 0.1) is 5.92 Å². The summed E-state index contributed by atoms with van der Waals surface area (Å²) in [7, 11) is 4.79. The number of amides is 2. The van der Waals surface area contributed by atoms with Gasteiger partial charge in [-0.2, -0.15) is 0 Å². The molecule has 1 heterocycles. The molecule has 2 aromatic rings. The minimum absolute atomic E-state index is 0.0733. The lowest BCUT2D eigenvalue weighted by Crippen LogP contribution is -2.56. The summed E-state index contributed by atoms with van der Waals surface area (Å²) in [6, 6.07) is 12.6. The molecule has 3 rings (SSSR count). The molecular weight excluding hydrogens is 462 g/mol. The first-order valence-corrected chi connectivity index (χ1v) is 12.1. The molecule has 1 aliphatic rings. The van der Waals surface area contributed by atoms with E-state index in [9.17, 15) is 9.59 Å². The fourth-order valence-electron chi connectivity index (χ4n) is 4.26. The SMILES string of the molecule is COc1ccc(CN2CCN(C(=O)[C@@H](NC(=O)OCc3ccccc3)C(C)C)CC2)c(OC)c1OC. The molecule has 0 bridgehead atoms. The maximum absolute atomic E-state index is 13.3. The van der Waals surface area contributed by atoms with Gasteiger partial charge in [0.2, 0.25) is 11.7 Å². The van der Waals surface area contributed by atoms with Gasteiger partial charge in [-0.25, -0.2) is 4.79 Å². The van der Waals surface area contributed by atoms with Gasteiger partial charge in [0.05, 0.1) is 21.3 Å². The highest BCUT2D eigenvalue weighted by atomic mass is 16.5. The third-order valence-electron chi connectivity index (χ3n) is 6.28. The molecule has 1 aliphatic heterocycles. The van der Waals surface area contributed by atoms with Crippen LogP contribution in [0.4, 0.5) is 4.79 Å². The highest BCUT2D eigenvalue weighted by molar-refractivity contribution is 5.86. The van der Waals surface area contributed by atoms with E-state index < -0.39 is 12.1 Å². The van der Waals surface area contributed by atoms with Crippen molar-refractivity contribution in [2.24, 2.45) is 5.92 Å². The average Bonchev–Trinajstić information content (AvgIpc) is 2.90. The molecule has 0 saturated carbocycles. The number of methoxy groups -OCH3 is 3. The van der Waals surface area contributed by atoms with E-state index in [2.05, 4.69) is 10.2 Å². The number of nitrogens with one attached hydrogen (secondary N) is 1. The molecule has 1 saturated heterocycles. The summed E-state index contributed by atoms with van der Waals surface area (Å²) in [5.74, 6) is 1.66. The van der Waals surface area contributed by atoms with Crippen molar-refractivity contribution in [1.82, 2.24) is 15.1 Å². The number of hydrogen-bond acceptors (Lipinski definition) is 7. The molecule has 0 aromatic heterocycles. The highest BCUT2D eigenvalue weighted by Crippen LogP contribution is 2.40. The number of hydrogen-bond donors (Lipinski definition) is 1. The van der Waals surface area contributed by atoms with Crippen LogP contribution < -0.4 is 19.5 Å². The van der Waals surface area contributed by atoms with Crippen LogP contribution in [0.3, 0.4) is 0 Å². The minimum Gasteiger partial charge on any atom is -0.493 e. The van der Waals surface area contributed by atoms with Crippen molar-refractivity contribution < 1.29 is 28.5 Å². The normalized spacial score (nSPS) is 14.8. The van der Waals surface area contributed by atoms with Crippen molar-refractivity contribution in [3.8, 4) is 17.2 Å². The van der Waals surface area contributed by atoms with Gasteiger partial charge in [0.25, 0.3) is 0 Å². The molecule has 0 aliphatic carbocycles. The Kier molecular flexibility index (Phi) is 9.81. The predicted molar refractivity (Wildman–Crippen MR) is 136 cm³/mol. The third kappa shape index (κ3) is 6.81. The summed E-state index contributed by atoms with van der Waals surface area (Å²) in [6.45, 7) is 7.18. The largest absolute Gasteiger partial charge is 0.493 e. The van der Waals surface area contributed by atoms with Crippen LogP contribution in [0.1, 0.15) is 25.0 Å². The van der Waals surface area contributed by atoms with Gasteiger partial charge in [-0.15, -0.1) is 0 Å². The number of carbonyl (C=O) groups excluding carboxylic acids is 2. The van der Waals surface area contributed by atoms with E-state index in [4.69, 9.17) is 18.9 Å². The van der Waals surface area contributed by atoms with Crippen LogP contribution in [0.15, 0.2) is 42.5 Å². The number of nitrogens with zero attached hydrogens (tertiary/aromatic N) is 2. The van der Waals surface area contributed by atoms with Gasteiger partial charge in [0.15, 0.2) is 11.5 Å². The molecule has 1 N–H and O–H groups in total. The number of rotatable bonds is 10. The summed E-state index contributed by atoms with van der Waals surface area (Å²) >= 11 is 0. The van der Waals surface area contributed by atoms with Crippen LogP contribution in [0.2, 0.25) is 0 Å². The fourth-order valence-corrected chi connectivity index (χ4v) is 4.26. The number of benzene rings is 2. The van der Waals surface area contributed by atoms with Gasteiger partial charge in [-0.1, -0.05) is 50.2 Å².